The lowest BCUT2D eigenvalue weighted by atomic mass is 10.1. The van der Waals surface area contributed by atoms with E-state index in [0.29, 0.717) is 17.8 Å². The Kier molecular flexibility index (Phi) is 6.95. The van der Waals surface area contributed by atoms with Crippen molar-refractivity contribution in [3.8, 4) is 5.75 Å². The molecule has 0 saturated heterocycles. The summed E-state index contributed by atoms with van der Waals surface area (Å²) in [5, 5.41) is 16.6. The predicted octanol–water partition coefficient (Wildman–Crippen LogP) is 3.93. The first-order valence-electron chi connectivity index (χ1n) is 9.58. The lowest BCUT2D eigenvalue weighted by Crippen LogP contribution is -2.31. The standard InChI is InChI=1S/C23H21N3O5/c1-16(31-21-14-8-7-13-20(21)26(29)30)22(27)25-19-12-6-5-11-18(19)23(28)24-15-17-9-3-2-4-10-17/h2-14,16H,15H2,1H3,(H,24,28)(H,25,27). The van der Waals surface area contributed by atoms with Crippen molar-refractivity contribution in [1.29, 1.82) is 0 Å². The number of anilines is 1. The SMILES string of the molecule is CC(Oc1ccccc1[N+](=O)[O-])C(=O)Nc1ccccc1C(=O)NCc1ccccc1. The summed E-state index contributed by atoms with van der Waals surface area (Å²) >= 11 is 0. The first kappa shape index (κ1) is 21.5. The molecule has 2 amide bonds. The van der Waals surface area contributed by atoms with Crippen LogP contribution >= 0.6 is 0 Å². The number of nitro groups is 1. The van der Waals surface area contributed by atoms with E-state index in [0.717, 1.165) is 5.56 Å². The van der Waals surface area contributed by atoms with E-state index in [4.69, 9.17) is 4.74 Å². The molecule has 1 atom stereocenters. The van der Waals surface area contributed by atoms with Crippen molar-refractivity contribution in [2.75, 3.05) is 5.32 Å². The predicted molar refractivity (Wildman–Crippen MR) is 116 cm³/mol. The average molecular weight is 419 g/mol. The maximum absolute atomic E-state index is 12.6. The Morgan fingerprint density at radius 1 is 0.968 bits per heavy atom. The quantitative estimate of drug-likeness (QED) is 0.425. The van der Waals surface area contributed by atoms with E-state index < -0.39 is 16.9 Å². The fraction of sp³-hybridized carbons (Fsp3) is 0.130. The fourth-order valence-corrected chi connectivity index (χ4v) is 2.85. The zero-order valence-corrected chi connectivity index (χ0v) is 16.8. The third-order valence-electron chi connectivity index (χ3n) is 4.46. The van der Waals surface area contributed by atoms with Crippen LogP contribution in [0.4, 0.5) is 11.4 Å². The van der Waals surface area contributed by atoms with Crippen molar-refractivity contribution in [3.05, 3.63) is 100 Å². The van der Waals surface area contributed by atoms with E-state index in [9.17, 15) is 19.7 Å². The topological polar surface area (TPSA) is 111 Å². The second-order valence-corrected chi connectivity index (χ2v) is 6.69. The van der Waals surface area contributed by atoms with Crippen molar-refractivity contribution < 1.29 is 19.2 Å². The molecule has 2 N–H and O–H groups in total. The van der Waals surface area contributed by atoms with Gasteiger partial charge in [-0.15, -0.1) is 0 Å². The number of nitrogens with zero attached hydrogens (tertiary/aromatic N) is 1. The molecular weight excluding hydrogens is 398 g/mol. The molecule has 0 aromatic heterocycles. The zero-order chi connectivity index (χ0) is 22.2. The fourth-order valence-electron chi connectivity index (χ4n) is 2.85. The van der Waals surface area contributed by atoms with Crippen LogP contribution in [-0.2, 0) is 11.3 Å². The molecule has 3 aromatic rings. The van der Waals surface area contributed by atoms with Gasteiger partial charge in [0.2, 0.25) is 0 Å². The van der Waals surface area contributed by atoms with E-state index >= 15 is 0 Å². The molecule has 31 heavy (non-hydrogen) atoms. The van der Waals surface area contributed by atoms with Crippen molar-refractivity contribution in [3.63, 3.8) is 0 Å². The molecule has 8 heteroatoms. The lowest BCUT2D eigenvalue weighted by Gasteiger charge is -2.16. The number of nitro benzene ring substituents is 1. The molecule has 0 bridgehead atoms. The number of rotatable bonds is 8. The highest BCUT2D eigenvalue weighted by Gasteiger charge is 2.22. The van der Waals surface area contributed by atoms with Crippen molar-refractivity contribution >= 4 is 23.2 Å². The normalized spacial score (nSPS) is 11.3. The van der Waals surface area contributed by atoms with Gasteiger partial charge in [0.1, 0.15) is 0 Å². The number of para-hydroxylation sites is 3. The Labute approximate surface area is 179 Å². The zero-order valence-electron chi connectivity index (χ0n) is 16.8. The summed E-state index contributed by atoms with van der Waals surface area (Å²) in [6, 6.07) is 21.9. The Bertz CT molecular complexity index is 1090. The van der Waals surface area contributed by atoms with Crippen LogP contribution in [0.5, 0.6) is 5.75 Å². The second-order valence-electron chi connectivity index (χ2n) is 6.69. The van der Waals surface area contributed by atoms with Gasteiger partial charge in [-0.2, -0.15) is 0 Å². The molecular formula is C23H21N3O5. The number of carbonyl (C=O) groups excluding carboxylic acids is 2. The lowest BCUT2D eigenvalue weighted by molar-refractivity contribution is -0.386. The summed E-state index contributed by atoms with van der Waals surface area (Å²) in [5.41, 5.74) is 1.33. The van der Waals surface area contributed by atoms with Crippen LogP contribution in [0.25, 0.3) is 0 Å². The van der Waals surface area contributed by atoms with Crippen LogP contribution in [0.3, 0.4) is 0 Å². The molecule has 1 unspecified atom stereocenters. The molecule has 3 aromatic carbocycles. The maximum Gasteiger partial charge on any atom is 0.310 e. The first-order valence-corrected chi connectivity index (χ1v) is 9.58. The third-order valence-corrected chi connectivity index (χ3v) is 4.46. The van der Waals surface area contributed by atoms with E-state index in [1.807, 2.05) is 30.3 Å². The van der Waals surface area contributed by atoms with E-state index in [1.165, 1.54) is 25.1 Å². The molecule has 0 saturated carbocycles. The number of hydrogen-bond acceptors (Lipinski definition) is 5. The summed E-state index contributed by atoms with van der Waals surface area (Å²) in [5.74, 6) is -0.891. The molecule has 0 aliphatic carbocycles. The molecule has 0 radical (unpaired) electrons. The highest BCUT2D eigenvalue weighted by molar-refractivity contribution is 6.04. The van der Waals surface area contributed by atoms with E-state index in [-0.39, 0.29) is 17.3 Å². The Balaban J connectivity index is 1.68. The van der Waals surface area contributed by atoms with Gasteiger partial charge in [-0.05, 0) is 30.7 Å². The van der Waals surface area contributed by atoms with Gasteiger partial charge in [0.15, 0.2) is 11.9 Å². The third kappa shape index (κ3) is 5.66. The smallest absolute Gasteiger partial charge is 0.310 e. The molecule has 3 rings (SSSR count). The van der Waals surface area contributed by atoms with Crippen LogP contribution in [0.1, 0.15) is 22.8 Å². The van der Waals surface area contributed by atoms with Gasteiger partial charge in [-0.1, -0.05) is 54.6 Å². The van der Waals surface area contributed by atoms with Crippen LogP contribution in [0, 0.1) is 10.1 Å². The van der Waals surface area contributed by atoms with Gasteiger partial charge >= 0.3 is 5.69 Å². The highest BCUT2D eigenvalue weighted by atomic mass is 16.6. The Morgan fingerprint density at radius 2 is 1.61 bits per heavy atom. The minimum absolute atomic E-state index is 0.0101. The maximum atomic E-state index is 12.6. The molecule has 0 aliphatic heterocycles. The number of ether oxygens (including phenoxy) is 1. The minimum Gasteiger partial charge on any atom is -0.474 e. The second kappa shape index (κ2) is 10.0. The van der Waals surface area contributed by atoms with Crippen LogP contribution in [0.2, 0.25) is 0 Å². The van der Waals surface area contributed by atoms with E-state index in [1.54, 1.807) is 30.3 Å². The first-order chi connectivity index (χ1) is 15.0. The van der Waals surface area contributed by atoms with E-state index in [2.05, 4.69) is 10.6 Å². The number of hydrogen-bond donors (Lipinski definition) is 2. The van der Waals surface area contributed by atoms with Gasteiger partial charge in [-0.25, -0.2) is 0 Å². The Morgan fingerprint density at radius 3 is 2.35 bits per heavy atom. The largest absolute Gasteiger partial charge is 0.474 e. The molecule has 0 fully saturated rings. The summed E-state index contributed by atoms with van der Waals surface area (Å²) in [7, 11) is 0. The number of amides is 2. The molecule has 0 aliphatic rings. The van der Waals surface area contributed by atoms with Crippen molar-refractivity contribution in [2.45, 2.75) is 19.6 Å². The summed E-state index contributed by atoms with van der Waals surface area (Å²) in [6.07, 6.45) is -1.03. The van der Waals surface area contributed by atoms with Gasteiger partial charge in [0, 0.05) is 12.6 Å². The summed E-state index contributed by atoms with van der Waals surface area (Å²) in [6.45, 7) is 1.82. The molecule has 158 valence electrons. The van der Waals surface area contributed by atoms with Crippen LogP contribution < -0.4 is 15.4 Å². The van der Waals surface area contributed by atoms with Crippen LogP contribution in [0.15, 0.2) is 78.9 Å². The van der Waals surface area contributed by atoms with Gasteiger partial charge < -0.3 is 15.4 Å². The highest BCUT2D eigenvalue weighted by Crippen LogP contribution is 2.27. The monoisotopic (exact) mass is 419 g/mol. The summed E-state index contributed by atoms with van der Waals surface area (Å²) < 4.78 is 5.49. The van der Waals surface area contributed by atoms with Crippen LogP contribution in [-0.4, -0.2) is 22.8 Å². The molecule has 0 heterocycles. The number of carbonyl (C=O) groups is 2. The number of benzene rings is 3. The molecule has 0 spiro atoms. The summed E-state index contributed by atoms with van der Waals surface area (Å²) in [4.78, 5) is 35.8. The average Bonchev–Trinajstić information content (AvgIpc) is 2.78. The van der Waals surface area contributed by atoms with Gasteiger partial charge in [0.05, 0.1) is 16.2 Å². The minimum atomic E-state index is -1.03. The Hall–Kier alpha value is -4.20. The number of nitrogens with one attached hydrogen (secondary N) is 2. The molecule has 8 nitrogen and oxygen atoms in total. The van der Waals surface area contributed by atoms with Crippen molar-refractivity contribution in [2.24, 2.45) is 0 Å². The van der Waals surface area contributed by atoms with Gasteiger partial charge in [0.25, 0.3) is 11.8 Å². The van der Waals surface area contributed by atoms with Crippen molar-refractivity contribution in [1.82, 2.24) is 5.32 Å². The van der Waals surface area contributed by atoms with Gasteiger partial charge in [-0.3, -0.25) is 19.7 Å².